The number of para-hydroxylation sites is 6. The molecule has 13 aromatic carbocycles. The van der Waals surface area contributed by atoms with Crippen molar-refractivity contribution in [1.29, 1.82) is 0 Å². The van der Waals surface area contributed by atoms with E-state index in [1.54, 1.807) is 0 Å². The zero-order valence-electron chi connectivity index (χ0n) is 58.1. The van der Waals surface area contributed by atoms with Crippen molar-refractivity contribution in [2.24, 2.45) is 0 Å². The number of unbranched alkanes of at least 4 members (excludes halogenated alkanes) is 1. The van der Waals surface area contributed by atoms with Crippen molar-refractivity contribution in [2.75, 3.05) is 19.8 Å². The van der Waals surface area contributed by atoms with Crippen LogP contribution < -0.4 is 18.9 Å². The molecule has 1 fully saturated rings. The average Bonchev–Trinajstić information content (AvgIpc) is 1.68. The van der Waals surface area contributed by atoms with E-state index in [2.05, 4.69) is 311 Å². The fourth-order valence-corrected chi connectivity index (χ4v) is 14.1. The van der Waals surface area contributed by atoms with Crippen molar-refractivity contribution < 1.29 is 38.2 Å². The molecule has 0 spiro atoms. The third-order valence-corrected chi connectivity index (χ3v) is 18.9. The molecule has 16 aromatic rings. The molecule has 0 radical (unpaired) electrons. The van der Waals surface area contributed by atoms with Crippen LogP contribution in [0.5, 0.6) is 0 Å². The molecule has 101 heavy (non-hydrogen) atoms. The number of carbonyl (C=O) groups excluding carboxylic acids is 1. The van der Waals surface area contributed by atoms with Crippen LogP contribution in [-0.2, 0) is 15.1 Å². The SMILES string of the molecule is Brc1cccc(-n2c3ccccc3c3ccccc32)c1.C1CCOC1.CCOC(=O)c1cc(C)ccc1-c1ccccc1.Cc1ccc(-c2ccccc2)c(C(O)(c2cccc(-n3c4ccccc4c4ccccc43)c2)c2cccc(-n3c4ccccc4c4ccccc43)c2)c1.[CH2-]CCC.[Li+]. The number of benzene rings is 13. The monoisotopic (exact) mass is 1380 g/mol. The van der Waals surface area contributed by atoms with Gasteiger partial charge in [0.15, 0.2) is 0 Å². The first-order valence-electron chi connectivity index (χ1n) is 34.6. The molecule has 0 unspecified atom stereocenters. The van der Waals surface area contributed by atoms with Crippen molar-refractivity contribution in [3.05, 3.63) is 360 Å². The number of aromatic nitrogens is 3. The molecule has 0 saturated carbocycles. The normalized spacial score (nSPS) is 11.8. The Kier molecular flexibility index (Phi) is 22.9. The third kappa shape index (κ3) is 15.0. The standard InChI is InChI=1S/C50H36N2O.C18H12BrN.C16H16O2.C4H8O.C4H9.Li/c1-34-29-30-40(35-15-3-2-4-16-35)45(31-34)50(53,36-17-13-19-38(32-36)51-46-25-9-5-21-41(46)42-22-6-10-26-47(42)51)37-18-14-20-39(33-37)52-48-27-11-7-23-43(48)44-24-8-12-28-49(44)52;19-13-6-5-7-14(12-13)20-17-10-3-1-8-15(17)16-9-2-4-11-18(16)20;1-3-18-16(17)15-11-12(2)9-10-14(15)13-7-5-4-6-8-13;1-2-4-5-3-1;1-3-4-2;/h2-33,53H,1H3;1-12H;4-11H,3H2,1-2H3;1-4H2;1,3-4H2,2H3;/q;;;;-1;+1. The fourth-order valence-electron chi connectivity index (χ4n) is 13.7. The predicted octanol–water partition coefficient (Wildman–Crippen LogP) is 20.9. The van der Waals surface area contributed by atoms with Crippen LogP contribution in [0.4, 0.5) is 0 Å². The number of hydrogen-bond acceptors (Lipinski definition) is 4. The van der Waals surface area contributed by atoms with Crippen LogP contribution in [-0.4, -0.2) is 44.6 Å². The van der Waals surface area contributed by atoms with Crippen LogP contribution in [0.15, 0.2) is 320 Å². The molecule has 496 valence electrons. The summed E-state index contributed by atoms with van der Waals surface area (Å²) in [4.78, 5) is 12.0. The van der Waals surface area contributed by atoms with Gasteiger partial charge in [0.05, 0.1) is 45.3 Å². The van der Waals surface area contributed by atoms with E-state index in [1.165, 1.54) is 68.3 Å². The summed E-state index contributed by atoms with van der Waals surface area (Å²) in [6.45, 7) is 14.0. The van der Waals surface area contributed by atoms with Gasteiger partial charge in [-0.15, -0.1) is 0 Å². The van der Waals surface area contributed by atoms with Gasteiger partial charge in [-0.1, -0.05) is 271 Å². The van der Waals surface area contributed by atoms with Gasteiger partial charge in [-0.25, -0.2) is 4.79 Å². The molecule has 0 amide bonds. The molecular weight excluding hydrogens is 1300 g/mol. The minimum Gasteiger partial charge on any atom is -0.462 e. The Hall–Kier alpha value is -10.3. The summed E-state index contributed by atoms with van der Waals surface area (Å²) in [5.74, 6) is -0.264. The van der Waals surface area contributed by atoms with E-state index in [1.807, 2.05) is 68.4 Å². The van der Waals surface area contributed by atoms with Crippen LogP contribution in [0, 0.1) is 20.8 Å². The van der Waals surface area contributed by atoms with Gasteiger partial charge in [-0.05, 0) is 152 Å². The van der Waals surface area contributed by atoms with Crippen LogP contribution in [0.2, 0.25) is 0 Å². The Morgan fingerprint density at radius 2 is 0.782 bits per heavy atom. The second kappa shape index (κ2) is 32.8. The molecular formula is C92H81BrLiN3O4. The summed E-state index contributed by atoms with van der Waals surface area (Å²) in [6.07, 6.45) is 4.83. The van der Waals surface area contributed by atoms with Crippen molar-refractivity contribution in [2.45, 2.75) is 59.0 Å². The maximum absolute atomic E-state index is 13.9. The number of halogens is 1. The number of esters is 1. The summed E-state index contributed by atoms with van der Waals surface area (Å²) in [7, 11) is 0. The number of aliphatic hydroxyl groups is 1. The first-order chi connectivity index (χ1) is 49.1. The van der Waals surface area contributed by atoms with Gasteiger partial charge in [0.1, 0.15) is 5.60 Å². The summed E-state index contributed by atoms with van der Waals surface area (Å²) < 4.78 is 18.1. The van der Waals surface area contributed by atoms with Crippen LogP contribution >= 0.6 is 15.9 Å². The van der Waals surface area contributed by atoms with E-state index in [4.69, 9.17) is 9.47 Å². The van der Waals surface area contributed by atoms with E-state index in [0.29, 0.717) is 12.2 Å². The molecule has 0 bridgehead atoms. The van der Waals surface area contributed by atoms with Gasteiger partial charge in [0, 0.05) is 72.6 Å². The Morgan fingerprint density at radius 1 is 0.436 bits per heavy atom. The zero-order valence-corrected chi connectivity index (χ0v) is 59.7. The molecule has 1 aliphatic rings. The minimum atomic E-state index is -1.53. The van der Waals surface area contributed by atoms with E-state index in [9.17, 15) is 9.90 Å². The maximum Gasteiger partial charge on any atom is 1.00 e. The molecule has 9 heteroatoms. The van der Waals surface area contributed by atoms with Crippen LogP contribution in [0.3, 0.4) is 0 Å². The second-order valence-corrected chi connectivity index (χ2v) is 26.0. The number of nitrogens with zero attached hydrogens (tertiary/aromatic N) is 3. The summed E-state index contributed by atoms with van der Waals surface area (Å²) in [5, 5.41) is 21.3. The minimum absolute atomic E-state index is 0. The van der Waals surface area contributed by atoms with Crippen molar-refractivity contribution in [3.8, 4) is 39.3 Å². The first kappa shape index (κ1) is 70.6. The summed E-state index contributed by atoms with van der Waals surface area (Å²) >= 11 is 3.56. The second-order valence-electron chi connectivity index (χ2n) is 25.1. The van der Waals surface area contributed by atoms with Crippen LogP contribution in [0.1, 0.15) is 77.7 Å². The van der Waals surface area contributed by atoms with Gasteiger partial charge in [-0.3, -0.25) is 0 Å². The molecule has 1 N–H and O–H groups in total. The van der Waals surface area contributed by atoms with Crippen molar-refractivity contribution in [3.63, 3.8) is 0 Å². The largest absolute Gasteiger partial charge is 1.00 e. The Balaban J connectivity index is 0.000000163. The Bertz CT molecular complexity index is 5170. The molecule has 0 aliphatic carbocycles. The summed E-state index contributed by atoms with van der Waals surface area (Å²) in [6, 6.07) is 109. The quantitative estimate of drug-likeness (QED) is 0.0606. The van der Waals surface area contributed by atoms with Crippen molar-refractivity contribution >= 4 is 87.3 Å². The number of aryl methyl sites for hydroxylation is 2. The molecule has 17 rings (SSSR count). The third-order valence-electron chi connectivity index (χ3n) is 18.4. The Labute approximate surface area is 613 Å². The molecule has 1 aliphatic heterocycles. The molecule has 1 saturated heterocycles. The van der Waals surface area contributed by atoms with E-state index < -0.39 is 5.60 Å². The number of ether oxygens (including phenoxy) is 2. The first-order valence-corrected chi connectivity index (χ1v) is 35.4. The molecule has 3 aromatic heterocycles. The molecule has 0 atom stereocenters. The zero-order chi connectivity index (χ0) is 69.0. The van der Waals surface area contributed by atoms with E-state index in [0.717, 1.165) is 108 Å². The molecule has 7 nitrogen and oxygen atoms in total. The maximum atomic E-state index is 13.9. The van der Waals surface area contributed by atoms with Gasteiger partial charge < -0.3 is 35.2 Å². The van der Waals surface area contributed by atoms with Crippen LogP contribution in [0.25, 0.3) is 105 Å². The number of hydrogen-bond donors (Lipinski definition) is 1. The average molecular weight is 1380 g/mol. The number of rotatable bonds is 11. The Morgan fingerprint density at radius 3 is 1.15 bits per heavy atom. The van der Waals surface area contributed by atoms with Gasteiger partial charge in [0.2, 0.25) is 0 Å². The van der Waals surface area contributed by atoms with E-state index >= 15 is 0 Å². The van der Waals surface area contributed by atoms with Crippen molar-refractivity contribution in [1.82, 2.24) is 13.7 Å². The van der Waals surface area contributed by atoms with E-state index in [-0.39, 0.29) is 24.8 Å². The van der Waals surface area contributed by atoms with Gasteiger partial charge in [-0.2, -0.15) is 6.42 Å². The number of carbonyl (C=O) groups is 1. The summed E-state index contributed by atoms with van der Waals surface area (Å²) in [5.41, 5.74) is 17.8. The van der Waals surface area contributed by atoms with Gasteiger partial charge >= 0.3 is 24.8 Å². The smallest absolute Gasteiger partial charge is 0.462 e. The fraction of sp³-hybridized carbons (Fsp3) is 0.130. The molecule has 4 heterocycles. The van der Waals surface area contributed by atoms with Gasteiger partial charge in [0.25, 0.3) is 0 Å². The topological polar surface area (TPSA) is 70.6 Å². The number of fused-ring (bicyclic) bond motifs is 9. The predicted molar refractivity (Wildman–Crippen MR) is 422 cm³/mol.